The third-order valence-electron chi connectivity index (χ3n) is 2.18. The van der Waals surface area contributed by atoms with E-state index in [-0.39, 0.29) is 0 Å². The zero-order valence-electron chi connectivity index (χ0n) is 7.01. The predicted molar refractivity (Wildman–Crippen MR) is 43.9 cm³/mol. The molecule has 1 aliphatic rings. The van der Waals surface area contributed by atoms with Gasteiger partial charge in [-0.3, -0.25) is 10.6 Å². The second-order valence-electron chi connectivity index (χ2n) is 2.97. The molecule has 0 aromatic carbocycles. The normalized spacial score (nSPS) is 26.5. The Bertz CT molecular complexity index is 121. The Morgan fingerprint density at radius 2 is 2.09 bits per heavy atom. The molecular weight excluding hydrogens is 142 g/mol. The smallest absolute Gasteiger partial charge is 0.171 e. The molecule has 1 aliphatic heterocycles. The molecule has 0 aromatic rings. The van der Waals surface area contributed by atoms with E-state index < -0.39 is 5.85 Å². The van der Waals surface area contributed by atoms with E-state index in [1.165, 1.54) is 0 Å². The van der Waals surface area contributed by atoms with E-state index >= 15 is 0 Å². The molecule has 0 aromatic heterocycles. The van der Waals surface area contributed by atoms with E-state index in [0.29, 0.717) is 6.42 Å². The van der Waals surface area contributed by atoms with Crippen LogP contribution in [0.4, 0.5) is 0 Å². The van der Waals surface area contributed by atoms with Crippen LogP contribution in [-0.2, 0) is 0 Å². The van der Waals surface area contributed by atoms with Crippen molar-refractivity contribution in [2.75, 3.05) is 26.2 Å². The van der Waals surface area contributed by atoms with Crippen LogP contribution in [0.3, 0.4) is 0 Å². The molecule has 0 spiro atoms. The van der Waals surface area contributed by atoms with Gasteiger partial charge in [-0.1, -0.05) is 6.92 Å². The van der Waals surface area contributed by atoms with Gasteiger partial charge in [-0.15, -0.1) is 0 Å². The number of nitrogens with two attached hydrogens (primary N) is 1. The highest BCUT2D eigenvalue weighted by atomic mass is 16.3. The maximum atomic E-state index is 9.62. The lowest BCUT2D eigenvalue weighted by molar-refractivity contribution is -0.111. The minimum Gasteiger partial charge on any atom is -0.363 e. The molecule has 0 amide bonds. The lowest BCUT2D eigenvalue weighted by atomic mass is 10.2. The first-order valence-corrected chi connectivity index (χ1v) is 4.14. The van der Waals surface area contributed by atoms with Crippen molar-refractivity contribution < 1.29 is 5.11 Å². The zero-order valence-corrected chi connectivity index (χ0v) is 7.01. The van der Waals surface area contributed by atoms with Crippen LogP contribution in [0, 0.1) is 0 Å². The highest BCUT2D eigenvalue weighted by Gasteiger charge is 2.28. The Kier molecular flexibility index (Phi) is 2.84. The Hall–Kier alpha value is -0.160. The van der Waals surface area contributed by atoms with Crippen LogP contribution in [0.15, 0.2) is 0 Å². The molecule has 0 radical (unpaired) electrons. The Morgan fingerprint density at radius 1 is 1.55 bits per heavy atom. The fourth-order valence-corrected chi connectivity index (χ4v) is 1.28. The fourth-order valence-electron chi connectivity index (χ4n) is 1.28. The summed E-state index contributed by atoms with van der Waals surface area (Å²) >= 11 is 0. The van der Waals surface area contributed by atoms with E-state index in [1.807, 2.05) is 11.8 Å². The first-order valence-electron chi connectivity index (χ1n) is 4.14. The summed E-state index contributed by atoms with van der Waals surface area (Å²) in [5, 5.41) is 12.8. The van der Waals surface area contributed by atoms with Crippen molar-refractivity contribution >= 4 is 0 Å². The minimum atomic E-state index is -1.10. The lowest BCUT2D eigenvalue weighted by Gasteiger charge is -2.38. The van der Waals surface area contributed by atoms with Crippen LogP contribution in [0.1, 0.15) is 13.3 Å². The minimum absolute atomic E-state index is 0.576. The maximum absolute atomic E-state index is 9.62. The molecule has 1 rings (SSSR count). The topological polar surface area (TPSA) is 61.5 Å². The molecule has 1 unspecified atom stereocenters. The second kappa shape index (κ2) is 3.49. The number of hydrogen-bond acceptors (Lipinski definition) is 4. The molecule has 0 bridgehead atoms. The van der Waals surface area contributed by atoms with Gasteiger partial charge in [0, 0.05) is 32.6 Å². The van der Waals surface area contributed by atoms with Crippen LogP contribution in [0.5, 0.6) is 0 Å². The summed E-state index contributed by atoms with van der Waals surface area (Å²) in [6.07, 6.45) is 0.576. The molecule has 4 heteroatoms. The van der Waals surface area contributed by atoms with Gasteiger partial charge in [-0.25, -0.2) is 0 Å². The van der Waals surface area contributed by atoms with Gasteiger partial charge in [0.05, 0.1) is 0 Å². The maximum Gasteiger partial charge on any atom is 0.171 e. The summed E-state index contributed by atoms with van der Waals surface area (Å²) in [6.45, 7) is 5.39. The highest BCUT2D eigenvalue weighted by molar-refractivity contribution is 4.76. The molecule has 1 fully saturated rings. The summed E-state index contributed by atoms with van der Waals surface area (Å²) < 4.78 is 0. The van der Waals surface area contributed by atoms with Crippen LogP contribution in [0.25, 0.3) is 0 Å². The van der Waals surface area contributed by atoms with Crippen molar-refractivity contribution in [3.05, 3.63) is 0 Å². The standard InChI is InChI=1S/C7H17N3O/c1-2-7(8,11)10-5-3-9-4-6-10/h9,11H,2-6,8H2,1H3. The van der Waals surface area contributed by atoms with Gasteiger partial charge >= 0.3 is 0 Å². The molecule has 0 aliphatic carbocycles. The van der Waals surface area contributed by atoms with Crippen molar-refractivity contribution in [2.45, 2.75) is 19.2 Å². The van der Waals surface area contributed by atoms with E-state index in [1.54, 1.807) is 0 Å². The van der Waals surface area contributed by atoms with E-state index in [9.17, 15) is 5.11 Å². The van der Waals surface area contributed by atoms with Crippen molar-refractivity contribution in [1.82, 2.24) is 10.2 Å². The molecule has 4 N–H and O–H groups in total. The average Bonchev–Trinajstić information content (AvgIpc) is 2.06. The molecule has 1 saturated heterocycles. The first-order chi connectivity index (χ1) is 5.17. The number of piperazine rings is 1. The van der Waals surface area contributed by atoms with Crippen LogP contribution < -0.4 is 11.1 Å². The molecular formula is C7H17N3O. The van der Waals surface area contributed by atoms with E-state index in [0.717, 1.165) is 26.2 Å². The van der Waals surface area contributed by atoms with Crippen molar-refractivity contribution in [3.63, 3.8) is 0 Å². The van der Waals surface area contributed by atoms with E-state index in [2.05, 4.69) is 5.32 Å². The fraction of sp³-hybridized carbons (Fsp3) is 1.00. The Morgan fingerprint density at radius 3 is 2.55 bits per heavy atom. The van der Waals surface area contributed by atoms with Crippen LogP contribution >= 0.6 is 0 Å². The molecule has 1 heterocycles. The lowest BCUT2D eigenvalue weighted by Crippen LogP contribution is -2.61. The Labute approximate surface area is 67.4 Å². The third kappa shape index (κ3) is 2.13. The summed E-state index contributed by atoms with van der Waals surface area (Å²) in [4.78, 5) is 1.91. The zero-order chi connectivity index (χ0) is 8.32. The third-order valence-corrected chi connectivity index (χ3v) is 2.18. The number of nitrogens with zero attached hydrogens (tertiary/aromatic N) is 1. The largest absolute Gasteiger partial charge is 0.363 e. The SMILES string of the molecule is CCC(N)(O)N1CCNCC1. The number of aliphatic hydroxyl groups is 1. The summed E-state index contributed by atoms with van der Waals surface area (Å²) in [5.41, 5.74) is 5.64. The molecule has 0 saturated carbocycles. The van der Waals surface area contributed by atoms with Gasteiger partial charge in [0.1, 0.15) is 0 Å². The summed E-state index contributed by atoms with van der Waals surface area (Å²) in [6, 6.07) is 0. The Balaban J connectivity index is 2.43. The van der Waals surface area contributed by atoms with Crippen LogP contribution in [-0.4, -0.2) is 42.0 Å². The molecule has 4 nitrogen and oxygen atoms in total. The molecule has 66 valence electrons. The van der Waals surface area contributed by atoms with Gasteiger partial charge in [-0.05, 0) is 0 Å². The van der Waals surface area contributed by atoms with Gasteiger partial charge in [0.15, 0.2) is 5.85 Å². The molecule has 1 atom stereocenters. The number of nitrogens with one attached hydrogen (secondary N) is 1. The molecule has 11 heavy (non-hydrogen) atoms. The summed E-state index contributed by atoms with van der Waals surface area (Å²) in [5.74, 6) is -1.10. The van der Waals surface area contributed by atoms with Gasteiger partial charge in [0.25, 0.3) is 0 Å². The van der Waals surface area contributed by atoms with Gasteiger partial charge in [-0.2, -0.15) is 0 Å². The predicted octanol–water partition coefficient (Wildman–Crippen LogP) is -1.09. The highest BCUT2D eigenvalue weighted by Crippen LogP contribution is 2.09. The second-order valence-corrected chi connectivity index (χ2v) is 2.97. The number of hydrogen-bond donors (Lipinski definition) is 3. The van der Waals surface area contributed by atoms with Crippen LogP contribution in [0.2, 0.25) is 0 Å². The van der Waals surface area contributed by atoms with E-state index in [4.69, 9.17) is 5.73 Å². The van der Waals surface area contributed by atoms with Crippen molar-refractivity contribution in [3.8, 4) is 0 Å². The first kappa shape index (κ1) is 8.93. The monoisotopic (exact) mass is 159 g/mol. The van der Waals surface area contributed by atoms with Gasteiger partial charge in [0.2, 0.25) is 0 Å². The van der Waals surface area contributed by atoms with Crippen molar-refractivity contribution in [2.24, 2.45) is 5.73 Å². The van der Waals surface area contributed by atoms with Crippen molar-refractivity contribution in [1.29, 1.82) is 0 Å². The average molecular weight is 159 g/mol. The summed E-state index contributed by atoms with van der Waals surface area (Å²) in [7, 11) is 0. The number of rotatable bonds is 2. The quantitative estimate of drug-likeness (QED) is 0.448. The van der Waals surface area contributed by atoms with Gasteiger partial charge < -0.3 is 10.4 Å².